The van der Waals surface area contributed by atoms with Gasteiger partial charge >= 0.3 is 0 Å². The Balaban J connectivity index is 2.24. The van der Waals surface area contributed by atoms with Gasteiger partial charge in [-0.05, 0) is 46.5 Å². The average molecular weight is 325 g/mol. The highest BCUT2D eigenvalue weighted by Crippen LogP contribution is 2.27. The number of unbranched alkanes of at least 4 members (excludes halogenated alkanes) is 1. The van der Waals surface area contributed by atoms with Crippen LogP contribution in [0.2, 0.25) is 0 Å². The third-order valence-electron chi connectivity index (χ3n) is 4.28. The second-order valence-corrected chi connectivity index (χ2v) is 8.69. The van der Waals surface area contributed by atoms with Crippen LogP contribution in [-0.2, 0) is 14.3 Å². The molecule has 0 aliphatic carbocycles. The molecule has 0 aromatic heterocycles. The van der Waals surface area contributed by atoms with Gasteiger partial charge < -0.3 is 9.64 Å². The highest BCUT2D eigenvalue weighted by molar-refractivity contribution is 5.86. The maximum atomic E-state index is 12.3. The number of hydrogen-bond acceptors (Lipinski definition) is 3. The zero-order valence-corrected chi connectivity index (χ0v) is 15.9. The van der Waals surface area contributed by atoms with Crippen molar-refractivity contribution in [3.8, 4) is 0 Å². The Hall–Kier alpha value is -0.900. The third kappa shape index (κ3) is 7.47. The number of ether oxygens (including phenoxy) is 1. The standard InChI is InChI=1S/C19H35NO3/c1-18(2,3)17(22)15-10-12-20(13-11-15)16(21)9-7-8-14-23-19(4,5)6/h15H,7-14H2,1-6H3. The highest BCUT2D eigenvalue weighted by Gasteiger charge is 2.33. The predicted molar refractivity (Wildman–Crippen MR) is 93.3 cm³/mol. The van der Waals surface area contributed by atoms with E-state index in [2.05, 4.69) is 0 Å². The van der Waals surface area contributed by atoms with Gasteiger partial charge in [0, 0.05) is 37.5 Å². The van der Waals surface area contributed by atoms with E-state index < -0.39 is 0 Å². The molecule has 0 radical (unpaired) electrons. The average Bonchev–Trinajstić information content (AvgIpc) is 2.44. The van der Waals surface area contributed by atoms with E-state index in [-0.39, 0.29) is 22.8 Å². The molecule has 1 fully saturated rings. The summed E-state index contributed by atoms with van der Waals surface area (Å²) in [5.41, 5.74) is -0.380. The molecule has 0 atom stereocenters. The van der Waals surface area contributed by atoms with E-state index in [4.69, 9.17) is 4.74 Å². The Kier molecular flexibility index (Phi) is 7.25. The number of amides is 1. The van der Waals surface area contributed by atoms with Crippen molar-refractivity contribution in [1.29, 1.82) is 0 Å². The Bertz CT molecular complexity index is 396. The number of rotatable bonds is 6. The highest BCUT2D eigenvalue weighted by atomic mass is 16.5. The van der Waals surface area contributed by atoms with E-state index >= 15 is 0 Å². The molecular weight excluding hydrogens is 290 g/mol. The van der Waals surface area contributed by atoms with Gasteiger partial charge in [-0.2, -0.15) is 0 Å². The van der Waals surface area contributed by atoms with Crippen LogP contribution in [0.4, 0.5) is 0 Å². The number of Topliss-reactive ketones (excluding diaryl/α,β-unsaturated/α-hetero) is 1. The number of carbonyl (C=O) groups excluding carboxylic acids is 2. The lowest BCUT2D eigenvalue weighted by atomic mass is 9.79. The minimum atomic E-state index is -0.274. The summed E-state index contributed by atoms with van der Waals surface area (Å²) in [5, 5.41) is 0. The van der Waals surface area contributed by atoms with Crippen molar-refractivity contribution in [2.24, 2.45) is 11.3 Å². The molecule has 0 aromatic carbocycles. The van der Waals surface area contributed by atoms with Gasteiger partial charge in [0.05, 0.1) is 5.60 Å². The second-order valence-electron chi connectivity index (χ2n) is 8.69. The maximum Gasteiger partial charge on any atom is 0.222 e. The molecule has 23 heavy (non-hydrogen) atoms. The lowest BCUT2D eigenvalue weighted by Gasteiger charge is -2.34. The smallest absolute Gasteiger partial charge is 0.222 e. The largest absolute Gasteiger partial charge is 0.376 e. The minimum absolute atomic E-state index is 0.106. The first-order valence-electron chi connectivity index (χ1n) is 8.97. The van der Waals surface area contributed by atoms with Crippen LogP contribution >= 0.6 is 0 Å². The van der Waals surface area contributed by atoms with Crippen molar-refractivity contribution in [2.75, 3.05) is 19.7 Å². The van der Waals surface area contributed by atoms with E-state index in [0.29, 0.717) is 18.8 Å². The Morgan fingerprint density at radius 2 is 1.57 bits per heavy atom. The molecule has 0 spiro atoms. The van der Waals surface area contributed by atoms with Crippen LogP contribution in [0.3, 0.4) is 0 Å². The number of piperidine rings is 1. The molecule has 0 unspecified atom stereocenters. The molecule has 0 N–H and O–H groups in total. The van der Waals surface area contributed by atoms with Crippen LogP contribution in [0.15, 0.2) is 0 Å². The fourth-order valence-electron chi connectivity index (χ4n) is 2.92. The maximum absolute atomic E-state index is 12.3. The van der Waals surface area contributed by atoms with Crippen molar-refractivity contribution >= 4 is 11.7 Å². The van der Waals surface area contributed by atoms with Gasteiger partial charge in [0.15, 0.2) is 0 Å². The SMILES string of the molecule is CC(C)(C)OCCCCC(=O)N1CCC(C(=O)C(C)(C)C)CC1. The van der Waals surface area contributed by atoms with E-state index in [9.17, 15) is 9.59 Å². The first kappa shape index (κ1) is 20.1. The normalized spacial score (nSPS) is 17.4. The fraction of sp³-hybridized carbons (Fsp3) is 0.895. The van der Waals surface area contributed by atoms with Crippen LogP contribution in [0, 0.1) is 11.3 Å². The van der Waals surface area contributed by atoms with Crippen molar-refractivity contribution < 1.29 is 14.3 Å². The van der Waals surface area contributed by atoms with Crippen molar-refractivity contribution in [1.82, 2.24) is 4.90 Å². The Morgan fingerprint density at radius 3 is 2.04 bits per heavy atom. The topological polar surface area (TPSA) is 46.6 Å². The number of ketones is 1. The van der Waals surface area contributed by atoms with Crippen LogP contribution < -0.4 is 0 Å². The quantitative estimate of drug-likeness (QED) is 0.697. The first-order chi connectivity index (χ1) is 10.5. The zero-order valence-electron chi connectivity index (χ0n) is 15.9. The van der Waals surface area contributed by atoms with Gasteiger partial charge in [0.2, 0.25) is 5.91 Å². The van der Waals surface area contributed by atoms with Gasteiger partial charge in [-0.25, -0.2) is 0 Å². The number of nitrogens with zero attached hydrogens (tertiary/aromatic N) is 1. The molecule has 1 aliphatic heterocycles. The summed E-state index contributed by atoms with van der Waals surface area (Å²) in [6, 6.07) is 0. The minimum Gasteiger partial charge on any atom is -0.376 e. The molecule has 0 aromatic rings. The van der Waals surface area contributed by atoms with Gasteiger partial charge in [-0.1, -0.05) is 20.8 Å². The van der Waals surface area contributed by atoms with Crippen molar-refractivity contribution in [2.45, 2.75) is 79.2 Å². The summed E-state index contributed by atoms with van der Waals surface area (Å²) < 4.78 is 5.67. The summed E-state index contributed by atoms with van der Waals surface area (Å²) in [4.78, 5) is 26.5. The third-order valence-corrected chi connectivity index (χ3v) is 4.28. The molecule has 134 valence electrons. The van der Waals surface area contributed by atoms with E-state index in [0.717, 1.165) is 38.8 Å². The molecule has 1 amide bonds. The summed E-state index contributed by atoms with van der Waals surface area (Å²) in [6.07, 6.45) is 4.01. The molecule has 1 aliphatic rings. The number of likely N-dealkylation sites (tertiary alicyclic amines) is 1. The molecule has 1 rings (SSSR count). The predicted octanol–water partition coefficient (Wildman–Crippen LogP) is 3.83. The Morgan fingerprint density at radius 1 is 1.00 bits per heavy atom. The fourth-order valence-corrected chi connectivity index (χ4v) is 2.92. The lowest BCUT2D eigenvalue weighted by molar-refractivity contribution is -0.137. The molecule has 4 nitrogen and oxygen atoms in total. The monoisotopic (exact) mass is 325 g/mol. The van der Waals surface area contributed by atoms with Crippen LogP contribution in [0.1, 0.15) is 73.6 Å². The van der Waals surface area contributed by atoms with Crippen LogP contribution in [-0.4, -0.2) is 41.9 Å². The molecule has 4 heteroatoms. The molecule has 1 saturated heterocycles. The van der Waals surface area contributed by atoms with Gasteiger partial charge in [0.25, 0.3) is 0 Å². The van der Waals surface area contributed by atoms with Crippen LogP contribution in [0.25, 0.3) is 0 Å². The molecular formula is C19H35NO3. The summed E-state index contributed by atoms with van der Waals surface area (Å²) in [5.74, 6) is 0.686. The van der Waals surface area contributed by atoms with Gasteiger partial charge in [-0.15, -0.1) is 0 Å². The van der Waals surface area contributed by atoms with E-state index in [1.54, 1.807) is 0 Å². The summed E-state index contributed by atoms with van der Waals surface area (Å²) in [6.45, 7) is 14.2. The van der Waals surface area contributed by atoms with E-state index in [1.807, 2.05) is 46.4 Å². The second kappa shape index (κ2) is 8.27. The zero-order chi connectivity index (χ0) is 17.7. The van der Waals surface area contributed by atoms with Crippen molar-refractivity contribution in [3.05, 3.63) is 0 Å². The van der Waals surface area contributed by atoms with Crippen LogP contribution in [0.5, 0.6) is 0 Å². The van der Waals surface area contributed by atoms with Crippen molar-refractivity contribution in [3.63, 3.8) is 0 Å². The summed E-state index contributed by atoms with van der Waals surface area (Å²) >= 11 is 0. The lowest BCUT2D eigenvalue weighted by Crippen LogP contribution is -2.42. The summed E-state index contributed by atoms with van der Waals surface area (Å²) in [7, 11) is 0. The first-order valence-corrected chi connectivity index (χ1v) is 8.97. The number of carbonyl (C=O) groups is 2. The molecule has 0 bridgehead atoms. The Labute approximate surface area is 141 Å². The molecule has 0 saturated carbocycles. The van der Waals surface area contributed by atoms with Gasteiger partial charge in [-0.3, -0.25) is 9.59 Å². The van der Waals surface area contributed by atoms with E-state index in [1.165, 1.54) is 0 Å². The number of hydrogen-bond donors (Lipinski definition) is 0. The van der Waals surface area contributed by atoms with Gasteiger partial charge in [0.1, 0.15) is 5.78 Å². The molecule has 1 heterocycles.